The standard InChI is InChI=1S/C23H18FNO4/c1-14-9-19-18(12-25(13-28-19)11-17-3-2-8-27-17)23-21(14)22(26)20(29-23)10-15-4-6-16(24)7-5-15/h2-10H,11-13H2,1H3/b20-10-. The van der Waals surface area contributed by atoms with Crippen molar-refractivity contribution in [3.8, 4) is 11.5 Å². The number of ketones is 1. The van der Waals surface area contributed by atoms with Crippen LogP contribution in [0.5, 0.6) is 11.5 Å². The molecule has 2 aliphatic heterocycles. The Labute approximate surface area is 167 Å². The van der Waals surface area contributed by atoms with Gasteiger partial charge in [-0.2, -0.15) is 0 Å². The van der Waals surface area contributed by atoms with Crippen LogP contribution in [0.1, 0.15) is 32.8 Å². The molecule has 0 fully saturated rings. The molecule has 5 nitrogen and oxygen atoms in total. The highest BCUT2D eigenvalue weighted by Crippen LogP contribution is 2.44. The molecule has 0 amide bonds. The molecule has 1 aromatic heterocycles. The van der Waals surface area contributed by atoms with Crippen molar-refractivity contribution in [2.24, 2.45) is 0 Å². The zero-order valence-electron chi connectivity index (χ0n) is 15.8. The average Bonchev–Trinajstić information content (AvgIpc) is 3.33. The van der Waals surface area contributed by atoms with Crippen LogP contribution < -0.4 is 9.47 Å². The number of rotatable bonds is 3. The summed E-state index contributed by atoms with van der Waals surface area (Å²) < 4.78 is 30.5. The molecule has 5 rings (SSSR count). The molecular weight excluding hydrogens is 373 g/mol. The van der Waals surface area contributed by atoms with Crippen molar-refractivity contribution in [1.82, 2.24) is 4.90 Å². The third kappa shape index (κ3) is 3.21. The molecule has 0 saturated heterocycles. The highest BCUT2D eigenvalue weighted by atomic mass is 19.1. The van der Waals surface area contributed by atoms with Crippen LogP contribution in [0.25, 0.3) is 6.08 Å². The second-order valence-corrected chi connectivity index (χ2v) is 7.21. The van der Waals surface area contributed by atoms with Crippen molar-refractivity contribution in [2.45, 2.75) is 20.0 Å². The number of nitrogens with zero attached hydrogens (tertiary/aromatic N) is 1. The predicted octanol–water partition coefficient (Wildman–Crippen LogP) is 4.70. The van der Waals surface area contributed by atoms with Crippen LogP contribution in [0.2, 0.25) is 0 Å². The normalized spacial score (nSPS) is 17.0. The molecule has 0 unspecified atom stereocenters. The van der Waals surface area contributed by atoms with E-state index < -0.39 is 0 Å². The van der Waals surface area contributed by atoms with Crippen LogP contribution in [-0.2, 0) is 13.1 Å². The summed E-state index contributed by atoms with van der Waals surface area (Å²) in [5, 5.41) is 0. The number of carbonyl (C=O) groups excluding carboxylic acids is 1. The summed E-state index contributed by atoms with van der Waals surface area (Å²) >= 11 is 0. The molecule has 0 saturated carbocycles. The van der Waals surface area contributed by atoms with Gasteiger partial charge in [0.15, 0.2) is 5.76 Å². The number of ether oxygens (including phenoxy) is 2. The smallest absolute Gasteiger partial charge is 0.232 e. The van der Waals surface area contributed by atoms with Gasteiger partial charge < -0.3 is 13.9 Å². The number of hydrogen-bond acceptors (Lipinski definition) is 5. The van der Waals surface area contributed by atoms with E-state index in [2.05, 4.69) is 4.90 Å². The van der Waals surface area contributed by atoms with E-state index in [1.807, 2.05) is 25.1 Å². The van der Waals surface area contributed by atoms with Crippen molar-refractivity contribution in [3.05, 3.63) is 88.3 Å². The van der Waals surface area contributed by atoms with Gasteiger partial charge in [-0.1, -0.05) is 12.1 Å². The lowest BCUT2D eigenvalue weighted by Gasteiger charge is -2.29. The number of halogens is 1. The maximum absolute atomic E-state index is 13.2. The maximum atomic E-state index is 13.2. The first-order valence-corrected chi connectivity index (χ1v) is 9.32. The van der Waals surface area contributed by atoms with Crippen LogP contribution in [0.3, 0.4) is 0 Å². The van der Waals surface area contributed by atoms with Crippen LogP contribution in [0, 0.1) is 12.7 Å². The first kappa shape index (κ1) is 17.7. The molecule has 0 bridgehead atoms. The molecule has 29 heavy (non-hydrogen) atoms. The number of allylic oxidation sites excluding steroid dienone is 1. The summed E-state index contributed by atoms with van der Waals surface area (Å²) in [6.07, 6.45) is 3.28. The van der Waals surface area contributed by atoms with Gasteiger partial charge in [0.05, 0.1) is 23.9 Å². The van der Waals surface area contributed by atoms with Gasteiger partial charge >= 0.3 is 0 Å². The van der Waals surface area contributed by atoms with Gasteiger partial charge in [-0.15, -0.1) is 0 Å². The molecule has 0 radical (unpaired) electrons. The van der Waals surface area contributed by atoms with Gasteiger partial charge in [-0.3, -0.25) is 9.69 Å². The molecule has 3 heterocycles. The average molecular weight is 391 g/mol. The fraction of sp³-hybridized carbons (Fsp3) is 0.174. The summed E-state index contributed by atoms with van der Waals surface area (Å²) in [6.45, 7) is 3.48. The number of hydrogen-bond donors (Lipinski definition) is 0. The predicted molar refractivity (Wildman–Crippen MR) is 104 cm³/mol. The van der Waals surface area contributed by atoms with Crippen LogP contribution >= 0.6 is 0 Å². The highest BCUT2D eigenvalue weighted by molar-refractivity contribution is 6.15. The largest absolute Gasteiger partial charge is 0.478 e. The van der Waals surface area contributed by atoms with E-state index in [0.29, 0.717) is 36.7 Å². The van der Waals surface area contributed by atoms with Gasteiger partial charge in [0.2, 0.25) is 5.78 Å². The third-order valence-electron chi connectivity index (χ3n) is 5.12. The Balaban J connectivity index is 1.48. The summed E-state index contributed by atoms with van der Waals surface area (Å²) in [7, 11) is 0. The zero-order chi connectivity index (χ0) is 20.0. The lowest BCUT2D eigenvalue weighted by Crippen LogP contribution is -2.31. The van der Waals surface area contributed by atoms with Crippen molar-refractivity contribution in [1.29, 1.82) is 0 Å². The Morgan fingerprint density at radius 3 is 2.79 bits per heavy atom. The number of benzene rings is 2. The molecule has 0 atom stereocenters. The summed E-state index contributed by atoms with van der Waals surface area (Å²) in [6, 6.07) is 11.6. The Kier molecular flexibility index (Phi) is 4.21. The number of Topliss-reactive ketones (excluding diaryl/α,β-unsaturated/α-hetero) is 1. The lowest BCUT2D eigenvalue weighted by molar-refractivity contribution is 0.0809. The fourth-order valence-corrected chi connectivity index (χ4v) is 3.71. The fourth-order valence-electron chi connectivity index (χ4n) is 3.71. The number of fused-ring (bicyclic) bond motifs is 3. The van der Waals surface area contributed by atoms with Crippen molar-refractivity contribution < 1.29 is 23.1 Å². The van der Waals surface area contributed by atoms with Crippen LogP contribution in [0.4, 0.5) is 4.39 Å². The summed E-state index contributed by atoms with van der Waals surface area (Å²) in [5.41, 5.74) is 2.91. The van der Waals surface area contributed by atoms with E-state index in [1.165, 1.54) is 12.1 Å². The molecule has 2 aliphatic rings. The zero-order valence-corrected chi connectivity index (χ0v) is 15.8. The van der Waals surface area contributed by atoms with E-state index in [0.717, 1.165) is 22.6 Å². The van der Waals surface area contributed by atoms with Crippen molar-refractivity contribution in [3.63, 3.8) is 0 Å². The number of furan rings is 1. The molecule has 6 heteroatoms. The Hall–Kier alpha value is -3.38. The van der Waals surface area contributed by atoms with E-state index in [-0.39, 0.29) is 17.4 Å². The number of carbonyl (C=O) groups is 1. The molecule has 0 N–H and O–H groups in total. The van der Waals surface area contributed by atoms with Gasteiger partial charge in [0.1, 0.15) is 29.8 Å². The summed E-state index contributed by atoms with van der Waals surface area (Å²) in [4.78, 5) is 15.1. The quantitative estimate of drug-likeness (QED) is 0.606. The highest BCUT2D eigenvalue weighted by Gasteiger charge is 2.35. The van der Waals surface area contributed by atoms with Crippen molar-refractivity contribution >= 4 is 11.9 Å². The second kappa shape index (κ2) is 6.90. The lowest BCUT2D eigenvalue weighted by atomic mass is 9.98. The maximum Gasteiger partial charge on any atom is 0.232 e. The summed E-state index contributed by atoms with van der Waals surface area (Å²) in [5.74, 6) is 1.84. The van der Waals surface area contributed by atoms with E-state index in [9.17, 15) is 9.18 Å². The molecular formula is C23H18FNO4. The topological polar surface area (TPSA) is 51.9 Å². The third-order valence-corrected chi connectivity index (χ3v) is 5.12. The van der Waals surface area contributed by atoms with E-state index in [1.54, 1.807) is 24.5 Å². The van der Waals surface area contributed by atoms with Gasteiger partial charge in [-0.25, -0.2) is 4.39 Å². The van der Waals surface area contributed by atoms with Crippen LogP contribution in [-0.4, -0.2) is 17.4 Å². The molecule has 3 aromatic rings. The molecule has 146 valence electrons. The minimum atomic E-state index is -0.326. The first-order valence-electron chi connectivity index (χ1n) is 9.32. The molecule has 2 aromatic carbocycles. The van der Waals surface area contributed by atoms with E-state index >= 15 is 0 Å². The Morgan fingerprint density at radius 2 is 2.03 bits per heavy atom. The van der Waals surface area contributed by atoms with Crippen molar-refractivity contribution in [2.75, 3.05) is 6.73 Å². The monoisotopic (exact) mass is 391 g/mol. The van der Waals surface area contributed by atoms with Gasteiger partial charge in [-0.05, 0) is 54.5 Å². The first-order chi connectivity index (χ1) is 14.1. The van der Waals surface area contributed by atoms with Gasteiger partial charge in [0.25, 0.3) is 0 Å². The number of aryl methyl sites for hydroxylation is 1. The van der Waals surface area contributed by atoms with Crippen LogP contribution in [0.15, 0.2) is 58.9 Å². The minimum absolute atomic E-state index is 0.173. The Morgan fingerprint density at radius 1 is 1.21 bits per heavy atom. The van der Waals surface area contributed by atoms with E-state index in [4.69, 9.17) is 13.9 Å². The Bertz CT molecular complexity index is 1120. The van der Waals surface area contributed by atoms with Gasteiger partial charge in [0, 0.05) is 6.54 Å². The second-order valence-electron chi connectivity index (χ2n) is 7.21. The molecule has 0 spiro atoms. The molecule has 0 aliphatic carbocycles. The minimum Gasteiger partial charge on any atom is -0.478 e. The SMILES string of the molecule is Cc1cc2c(c3c1C(=O)/C(=C/c1ccc(F)cc1)O3)CN(Cc1ccco1)CO2.